The van der Waals surface area contributed by atoms with E-state index in [9.17, 15) is 17.2 Å². The van der Waals surface area contributed by atoms with Gasteiger partial charge in [-0.1, -0.05) is 0 Å². The molecule has 2 aromatic rings. The molecule has 0 aromatic heterocycles. The maximum Gasteiger partial charge on any atom is 0.240 e. The predicted molar refractivity (Wildman–Crippen MR) is 80.7 cm³/mol. The second kappa shape index (κ2) is 6.85. The Morgan fingerprint density at radius 2 is 1.59 bits per heavy atom. The van der Waals surface area contributed by atoms with Crippen LogP contribution in [0.2, 0.25) is 0 Å². The first-order valence-corrected chi connectivity index (χ1v) is 8.15. The topological polar surface area (TPSA) is 72.2 Å². The van der Waals surface area contributed by atoms with Crippen LogP contribution in [0.25, 0.3) is 0 Å². The molecule has 0 saturated heterocycles. The Morgan fingerprint density at radius 3 is 2.18 bits per heavy atom. The van der Waals surface area contributed by atoms with Gasteiger partial charge < -0.3 is 5.73 Å². The summed E-state index contributed by atoms with van der Waals surface area (Å²) in [6.07, 6.45) is 0.802. The number of nitrogens with one attached hydrogen (secondary N) is 1. The van der Waals surface area contributed by atoms with Gasteiger partial charge in [0.05, 0.1) is 4.90 Å². The fraction of sp³-hybridized carbons (Fsp3) is 0.200. The largest absolute Gasteiger partial charge is 0.399 e. The molecule has 0 spiro atoms. The van der Waals surface area contributed by atoms with Crippen molar-refractivity contribution in [1.82, 2.24) is 4.72 Å². The van der Waals surface area contributed by atoms with Gasteiger partial charge in [0.15, 0.2) is 0 Å². The molecule has 0 fully saturated rings. The first-order chi connectivity index (χ1) is 10.4. The Hall–Kier alpha value is -1.99. The van der Waals surface area contributed by atoms with Crippen LogP contribution < -0.4 is 10.5 Å². The lowest BCUT2D eigenvalue weighted by molar-refractivity contribution is 0.573. The Morgan fingerprint density at radius 1 is 1.00 bits per heavy atom. The molecule has 2 aromatic carbocycles. The molecule has 4 nitrogen and oxygen atoms in total. The molecule has 118 valence electrons. The lowest BCUT2D eigenvalue weighted by atomic mass is 10.1. The van der Waals surface area contributed by atoms with Crippen molar-refractivity contribution >= 4 is 15.7 Å². The standard InChI is InChI=1S/C15H16F2N2O2S/c16-12-8-11(9-13(17)10-12)2-1-7-19-22(20,21)15-5-3-14(18)4-6-15/h3-6,8-10,19H,1-2,7,18H2. The van der Waals surface area contributed by atoms with E-state index in [0.717, 1.165) is 6.07 Å². The van der Waals surface area contributed by atoms with E-state index in [-0.39, 0.29) is 11.4 Å². The van der Waals surface area contributed by atoms with Crippen LogP contribution in [0.5, 0.6) is 0 Å². The summed E-state index contributed by atoms with van der Waals surface area (Å²) in [7, 11) is -3.60. The van der Waals surface area contributed by atoms with Gasteiger partial charge in [-0.2, -0.15) is 0 Å². The number of sulfonamides is 1. The molecule has 0 aliphatic rings. The van der Waals surface area contributed by atoms with Crippen molar-refractivity contribution in [3.05, 3.63) is 59.7 Å². The number of hydrogen-bond acceptors (Lipinski definition) is 3. The quantitative estimate of drug-likeness (QED) is 0.633. The molecule has 7 heteroatoms. The highest BCUT2D eigenvalue weighted by atomic mass is 32.2. The van der Waals surface area contributed by atoms with E-state index < -0.39 is 21.7 Å². The van der Waals surface area contributed by atoms with Crippen molar-refractivity contribution < 1.29 is 17.2 Å². The van der Waals surface area contributed by atoms with Gasteiger partial charge in [-0.3, -0.25) is 0 Å². The molecular formula is C15H16F2N2O2S. The number of nitrogen functional groups attached to an aromatic ring is 1. The van der Waals surface area contributed by atoms with Crippen LogP contribution in [0.1, 0.15) is 12.0 Å². The number of benzene rings is 2. The van der Waals surface area contributed by atoms with Crippen molar-refractivity contribution in [3.8, 4) is 0 Å². The molecule has 3 N–H and O–H groups in total. The highest BCUT2D eigenvalue weighted by Crippen LogP contribution is 2.12. The molecule has 0 radical (unpaired) electrons. The van der Waals surface area contributed by atoms with Gasteiger partial charge in [0.2, 0.25) is 10.0 Å². The Labute approximate surface area is 128 Å². The van der Waals surface area contributed by atoms with Crippen LogP contribution in [-0.2, 0) is 16.4 Å². The summed E-state index contributed by atoms with van der Waals surface area (Å²) in [5, 5.41) is 0. The van der Waals surface area contributed by atoms with Crippen molar-refractivity contribution in [2.75, 3.05) is 12.3 Å². The third-order valence-corrected chi connectivity index (χ3v) is 4.52. The molecule has 0 bridgehead atoms. The van der Waals surface area contributed by atoms with Crippen molar-refractivity contribution in [2.45, 2.75) is 17.7 Å². The maximum atomic E-state index is 13.0. The van der Waals surface area contributed by atoms with E-state index in [1.54, 1.807) is 0 Å². The van der Waals surface area contributed by atoms with Crippen LogP contribution in [0.3, 0.4) is 0 Å². The first kappa shape index (κ1) is 16.4. The van der Waals surface area contributed by atoms with Gasteiger partial charge in [0.1, 0.15) is 11.6 Å². The maximum absolute atomic E-state index is 13.0. The number of halogens is 2. The summed E-state index contributed by atoms with van der Waals surface area (Å²) >= 11 is 0. The Balaban J connectivity index is 1.89. The fourth-order valence-corrected chi connectivity index (χ4v) is 3.06. The van der Waals surface area contributed by atoms with E-state index in [1.807, 2.05) is 0 Å². The smallest absolute Gasteiger partial charge is 0.240 e. The summed E-state index contributed by atoms with van der Waals surface area (Å²) in [6.45, 7) is 0.171. The van der Waals surface area contributed by atoms with E-state index in [2.05, 4.69) is 4.72 Å². The summed E-state index contributed by atoms with van der Waals surface area (Å²) in [5.74, 6) is -1.28. The van der Waals surface area contributed by atoms with Gasteiger partial charge in [-0.15, -0.1) is 0 Å². The third kappa shape index (κ3) is 4.51. The fourth-order valence-electron chi connectivity index (χ4n) is 1.98. The molecule has 2 rings (SSSR count). The highest BCUT2D eigenvalue weighted by Gasteiger charge is 2.12. The molecule has 0 heterocycles. The van der Waals surface area contributed by atoms with E-state index >= 15 is 0 Å². The molecule has 0 atom stereocenters. The van der Waals surface area contributed by atoms with Gasteiger partial charge in [-0.05, 0) is 54.8 Å². The normalized spacial score (nSPS) is 11.5. The summed E-state index contributed by atoms with van der Waals surface area (Å²) in [6, 6.07) is 9.11. The first-order valence-electron chi connectivity index (χ1n) is 6.67. The van der Waals surface area contributed by atoms with Gasteiger partial charge >= 0.3 is 0 Å². The summed E-state index contributed by atoms with van der Waals surface area (Å²) in [5.41, 5.74) is 6.47. The summed E-state index contributed by atoms with van der Waals surface area (Å²) < 4.78 is 52.5. The van der Waals surface area contributed by atoms with Crippen LogP contribution in [0.4, 0.5) is 14.5 Å². The number of rotatable bonds is 6. The van der Waals surface area contributed by atoms with Gasteiger partial charge in [0, 0.05) is 18.3 Å². The van der Waals surface area contributed by atoms with E-state index in [4.69, 9.17) is 5.73 Å². The number of aryl methyl sites for hydroxylation is 1. The van der Waals surface area contributed by atoms with Crippen molar-refractivity contribution in [3.63, 3.8) is 0 Å². The zero-order valence-electron chi connectivity index (χ0n) is 11.7. The van der Waals surface area contributed by atoms with Crippen molar-refractivity contribution in [2.24, 2.45) is 0 Å². The van der Waals surface area contributed by atoms with Crippen LogP contribution in [0, 0.1) is 11.6 Å². The van der Waals surface area contributed by atoms with Crippen LogP contribution in [-0.4, -0.2) is 15.0 Å². The molecule has 22 heavy (non-hydrogen) atoms. The zero-order valence-corrected chi connectivity index (χ0v) is 12.5. The Kier molecular flexibility index (Phi) is 5.10. The monoisotopic (exact) mass is 326 g/mol. The van der Waals surface area contributed by atoms with Crippen molar-refractivity contribution in [1.29, 1.82) is 0 Å². The van der Waals surface area contributed by atoms with Crippen LogP contribution in [0.15, 0.2) is 47.4 Å². The summed E-state index contributed by atoms with van der Waals surface area (Å²) in [4.78, 5) is 0.124. The molecule has 0 saturated carbocycles. The molecule has 0 aliphatic carbocycles. The Bertz CT molecular complexity index is 726. The molecule has 0 unspecified atom stereocenters. The minimum Gasteiger partial charge on any atom is -0.399 e. The second-order valence-corrected chi connectivity index (χ2v) is 6.62. The molecule has 0 aliphatic heterocycles. The highest BCUT2D eigenvalue weighted by molar-refractivity contribution is 7.89. The lowest BCUT2D eigenvalue weighted by Crippen LogP contribution is -2.25. The van der Waals surface area contributed by atoms with Crippen LogP contribution >= 0.6 is 0 Å². The average molecular weight is 326 g/mol. The third-order valence-electron chi connectivity index (χ3n) is 3.05. The number of nitrogens with two attached hydrogens (primary N) is 1. The SMILES string of the molecule is Nc1ccc(S(=O)(=O)NCCCc2cc(F)cc(F)c2)cc1. The lowest BCUT2D eigenvalue weighted by Gasteiger charge is -2.07. The van der Waals surface area contributed by atoms with Gasteiger partial charge in [-0.25, -0.2) is 21.9 Å². The van der Waals surface area contributed by atoms with E-state index in [1.165, 1.54) is 36.4 Å². The number of hydrogen-bond donors (Lipinski definition) is 2. The molecule has 0 amide bonds. The minimum atomic E-state index is -3.60. The minimum absolute atomic E-state index is 0.124. The zero-order chi connectivity index (χ0) is 16.2. The van der Waals surface area contributed by atoms with E-state index in [0.29, 0.717) is 24.1 Å². The molecular weight excluding hydrogens is 310 g/mol. The van der Waals surface area contributed by atoms with Gasteiger partial charge in [0.25, 0.3) is 0 Å². The second-order valence-electron chi connectivity index (χ2n) is 4.85. The number of anilines is 1. The average Bonchev–Trinajstić information content (AvgIpc) is 2.43. The predicted octanol–water partition coefficient (Wildman–Crippen LogP) is 2.46.